The molecule has 2 rings (SSSR count). The minimum Gasteiger partial charge on any atom is -0.354 e. The van der Waals surface area contributed by atoms with E-state index in [0.717, 1.165) is 12.8 Å². The molecule has 0 atom stereocenters. The first-order valence-corrected chi connectivity index (χ1v) is 9.01. The van der Waals surface area contributed by atoms with Crippen molar-refractivity contribution in [2.24, 2.45) is 0 Å². The maximum atomic E-state index is 12.0. The van der Waals surface area contributed by atoms with E-state index in [1.54, 1.807) is 24.3 Å². The molecular weight excluding hydrogens is 342 g/mol. The van der Waals surface area contributed by atoms with Crippen molar-refractivity contribution < 1.29 is 14.4 Å². The fourth-order valence-electron chi connectivity index (χ4n) is 2.57. The Morgan fingerprint density at radius 2 is 1.52 bits per heavy atom. The lowest BCUT2D eigenvalue weighted by Gasteiger charge is -2.08. The molecule has 0 aliphatic heterocycles. The number of rotatable bonds is 9. The molecule has 0 aromatic heterocycles. The lowest BCUT2D eigenvalue weighted by atomic mass is 10.1. The Balaban J connectivity index is 1.60. The number of hydrogen-bond donors (Lipinski definition) is 3. The molecule has 0 heterocycles. The largest absolute Gasteiger partial charge is 0.354 e. The molecule has 6 nitrogen and oxygen atoms in total. The topological polar surface area (TPSA) is 87.3 Å². The normalized spacial score (nSPS) is 10.1. The third-order valence-electron chi connectivity index (χ3n) is 3.91. The molecule has 0 bridgehead atoms. The van der Waals surface area contributed by atoms with Crippen LogP contribution >= 0.6 is 0 Å². The van der Waals surface area contributed by atoms with E-state index in [0.29, 0.717) is 30.8 Å². The molecule has 2 aromatic carbocycles. The summed E-state index contributed by atoms with van der Waals surface area (Å²) < 4.78 is 0. The van der Waals surface area contributed by atoms with Crippen LogP contribution in [0.3, 0.4) is 0 Å². The van der Waals surface area contributed by atoms with Gasteiger partial charge in [0.25, 0.3) is 5.91 Å². The van der Waals surface area contributed by atoms with Gasteiger partial charge in [-0.1, -0.05) is 30.3 Å². The van der Waals surface area contributed by atoms with E-state index in [4.69, 9.17) is 0 Å². The van der Waals surface area contributed by atoms with E-state index >= 15 is 0 Å². The summed E-state index contributed by atoms with van der Waals surface area (Å²) in [6, 6.07) is 16.7. The van der Waals surface area contributed by atoms with Gasteiger partial charge in [0.05, 0.1) is 0 Å². The maximum Gasteiger partial charge on any atom is 0.251 e. The highest BCUT2D eigenvalue weighted by atomic mass is 16.2. The maximum absolute atomic E-state index is 12.0. The number of hydrogen-bond acceptors (Lipinski definition) is 3. The molecule has 6 heteroatoms. The summed E-state index contributed by atoms with van der Waals surface area (Å²) in [5, 5.41) is 8.21. The molecule has 2 aromatic rings. The van der Waals surface area contributed by atoms with Crippen LogP contribution in [0.4, 0.5) is 5.69 Å². The number of benzene rings is 2. The Kier molecular flexibility index (Phi) is 8.03. The van der Waals surface area contributed by atoms with Gasteiger partial charge in [0, 0.05) is 37.7 Å². The highest BCUT2D eigenvalue weighted by molar-refractivity contribution is 5.95. The summed E-state index contributed by atoms with van der Waals surface area (Å²) in [5.74, 6) is -0.394. The van der Waals surface area contributed by atoms with E-state index < -0.39 is 0 Å². The van der Waals surface area contributed by atoms with Crippen LogP contribution in [0.5, 0.6) is 0 Å². The molecule has 0 saturated carbocycles. The molecule has 0 unspecified atom stereocenters. The Bertz CT molecular complexity index is 758. The second kappa shape index (κ2) is 10.8. The van der Waals surface area contributed by atoms with E-state index in [-0.39, 0.29) is 17.7 Å². The third-order valence-corrected chi connectivity index (χ3v) is 3.91. The SMILES string of the molecule is CC(=O)Nc1ccc(C(=O)NCCNC(=O)CCCc2ccccc2)cc1. The monoisotopic (exact) mass is 367 g/mol. The lowest BCUT2D eigenvalue weighted by molar-refractivity contribution is -0.121. The van der Waals surface area contributed by atoms with Gasteiger partial charge in [-0.25, -0.2) is 0 Å². The first-order valence-electron chi connectivity index (χ1n) is 9.01. The zero-order valence-electron chi connectivity index (χ0n) is 15.5. The highest BCUT2D eigenvalue weighted by Crippen LogP contribution is 2.09. The molecule has 3 N–H and O–H groups in total. The van der Waals surface area contributed by atoms with Gasteiger partial charge in [0.2, 0.25) is 11.8 Å². The molecule has 0 aliphatic rings. The minimum absolute atomic E-state index is 0.0140. The van der Waals surface area contributed by atoms with Gasteiger partial charge >= 0.3 is 0 Å². The smallest absolute Gasteiger partial charge is 0.251 e. The number of carbonyl (C=O) groups is 3. The number of anilines is 1. The molecule has 27 heavy (non-hydrogen) atoms. The lowest BCUT2D eigenvalue weighted by Crippen LogP contribution is -2.34. The Morgan fingerprint density at radius 1 is 0.852 bits per heavy atom. The van der Waals surface area contributed by atoms with Crippen molar-refractivity contribution in [1.82, 2.24) is 10.6 Å². The van der Waals surface area contributed by atoms with Gasteiger partial charge in [0.1, 0.15) is 0 Å². The molecule has 0 fully saturated rings. The standard InChI is InChI=1S/C21H25N3O3/c1-16(25)24-19-12-10-18(11-13-19)21(27)23-15-14-22-20(26)9-5-8-17-6-3-2-4-7-17/h2-4,6-7,10-13H,5,8-9,14-15H2,1H3,(H,22,26)(H,23,27)(H,24,25). The van der Waals surface area contributed by atoms with Crippen LogP contribution in [-0.4, -0.2) is 30.8 Å². The quantitative estimate of drug-likeness (QED) is 0.595. The molecule has 3 amide bonds. The first-order chi connectivity index (χ1) is 13.0. The van der Waals surface area contributed by atoms with Crippen LogP contribution in [0.25, 0.3) is 0 Å². The number of amides is 3. The van der Waals surface area contributed by atoms with Crippen molar-refractivity contribution in [3.8, 4) is 0 Å². The van der Waals surface area contributed by atoms with Crippen molar-refractivity contribution in [1.29, 1.82) is 0 Å². The fourth-order valence-corrected chi connectivity index (χ4v) is 2.57. The van der Waals surface area contributed by atoms with E-state index in [1.165, 1.54) is 12.5 Å². The molecule has 0 radical (unpaired) electrons. The summed E-state index contributed by atoms with van der Waals surface area (Å²) in [5.41, 5.74) is 2.36. The van der Waals surface area contributed by atoms with Crippen LogP contribution in [0, 0.1) is 0 Å². The molecular formula is C21H25N3O3. The van der Waals surface area contributed by atoms with Crippen molar-refractivity contribution in [2.45, 2.75) is 26.2 Å². The summed E-state index contributed by atoms with van der Waals surface area (Å²) in [6.45, 7) is 2.17. The zero-order chi connectivity index (χ0) is 19.5. The van der Waals surface area contributed by atoms with Crippen molar-refractivity contribution in [2.75, 3.05) is 18.4 Å². The van der Waals surface area contributed by atoms with Gasteiger partial charge in [-0.3, -0.25) is 14.4 Å². The van der Waals surface area contributed by atoms with Gasteiger partial charge in [-0.05, 0) is 42.7 Å². The zero-order valence-corrected chi connectivity index (χ0v) is 15.5. The van der Waals surface area contributed by atoms with Crippen LogP contribution in [0.2, 0.25) is 0 Å². The second-order valence-corrected chi connectivity index (χ2v) is 6.20. The summed E-state index contributed by atoms with van der Waals surface area (Å²) in [7, 11) is 0. The second-order valence-electron chi connectivity index (χ2n) is 6.20. The minimum atomic E-state index is -0.220. The fraction of sp³-hybridized carbons (Fsp3) is 0.286. The average molecular weight is 367 g/mol. The van der Waals surface area contributed by atoms with E-state index in [2.05, 4.69) is 28.1 Å². The van der Waals surface area contributed by atoms with Gasteiger partial charge in [0.15, 0.2) is 0 Å². The third kappa shape index (κ3) is 7.73. The number of nitrogens with one attached hydrogen (secondary N) is 3. The van der Waals surface area contributed by atoms with Crippen LogP contribution < -0.4 is 16.0 Å². The Hall–Kier alpha value is -3.15. The Morgan fingerprint density at radius 3 is 2.19 bits per heavy atom. The summed E-state index contributed by atoms with van der Waals surface area (Å²) in [4.78, 5) is 34.8. The highest BCUT2D eigenvalue weighted by Gasteiger charge is 2.06. The van der Waals surface area contributed by atoms with Crippen LogP contribution in [0.1, 0.15) is 35.7 Å². The molecule has 0 aliphatic carbocycles. The van der Waals surface area contributed by atoms with Crippen molar-refractivity contribution in [3.63, 3.8) is 0 Å². The first kappa shape index (κ1) is 20.2. The van der Waals surface area contributed by atoms with E-state index in [9.17, 15) is 14.4 Å². The average Bonchev–Trinajstić information content (AvgIpc) is 2.66. The summed E-state index contributed by atoms with van der Waals surface area (Å²) in [6.07, 6.45) is 2.13. The van der Waals surface area contributed by atoms with Crippen molar-refractivity contribution in [3.05, 3.63) is 65.7 Å². The Labute approximate surface area is 159 Å². The van der Waals surface area contributed by atoms with Crippen LogP contribution in [-0.2, 0) is 16.0 Å². The predicted molar refractivity (Wildman–Crippen MR) is 105 cm³/mol. The molecule has 0 saturated heterocycles. The van der Waals surface area contributed by atoms with Crippen LogP contribution in [0.15, 0.2) is 54.6 Å². The van der Waals surface area contributed by atoms with Gasteiger partial charge < -0.3 is 16.0 Å². The van der Waals surface area contributed by atoms with Gasteiger partial charge in [-0.15, -0.1) is 0 Å². The number of carbonyl (C=O) groups excluding carboxylic acids is 3. The van der Waals surface area contributed by atoms with Gasteiger partial charge in [-0.2, -0.15) is 0 Å². The molecule has 142 valence electrons. The molecule has 0 spiro atoms. The summed E-state index contributed by atoms with van der Waals surface area (Å²) >= 11 is 0. The predicted octanol–water partition coefficient (Wildman–Crippen LogP) is 2.51. The van der Waals surface area contributed by atoms with E-state index in [1.807, 2.05) is 18.2 Å². The number of aryl methyl sites for hydroxylation is 1. The van der Waals surface area contributed by atoms with Crippen molar-refractivity contribution >= 4 is 23.4 Å².